The molecule has 1 N–H and O–H groups in total. The van der Waals surface area contributed by atoms with Crippen LogP contribution in [0.2, 0.25) is 0 Å². The molecule has 0 aliphatic carbocycles. The van der Waals surface area contributed by atoms with Crippen LogP contribution in [-0.4, -0.2) is 29.3 Å². The van der Waals surface area contributed by atoms with Gasteiger partial charge >= 0.3 is 11.6 Å². The third-order valence-electron chi connectivity index (χ3n) is 4.92. The highest BCUT2D eigenvalue weighted by Gasteiger charge is 2.60. The van der Waals surface area contributed by atoms with Crippen molar-refractivity contribution >= 4 is 53.5 Å². The maximum absolute atomic E-state index is 14.0. The van der Waals surface area contributed by atoms with Gasteiger partial charge < -0.3 is 14.6 Å². The molecule has 32 heavy (non-hydrogen) atoms. The maximum atomic E-state index is 14.0. The van der Waals surface area contributed by atoms with Crippen molar-refractivity contribution in [2.45, 2.75) is 30.0 Å². The highest BCUT2D eigenvalue weighted by atomic mass is 32.2. The Balaban J connectivity index is 1.53. The van der Waals surface area contributed by atoms with Crippen molar-refractivity contribution in [3.05, 3.63) is 35.9 Å². The molecule has 0 saturated carbocycles. The van der Waals surface area contributed by atoms with E-state index in [1.54, 1.807) is 11.5 Å². The average Bonchev–Trinajstić information content (AvgIpc) is 3.24. The van der Waals surface area contributed by atoms with Crippen molar-refractivity contribution < 1.29 is 35.1 Å². The maximum Gasteiger partial charge on any atom is 0.573 e. The first-order valence-electron chi connectivity index (χ1n) is 9.01. The molecule has 14 heteroatoms. The molecule has 0 bridgehead atoms. The first-order valence-corrected chi connectivity index (χ1v) is 11.3. The van der Waals surface area contributed by atoms with E-state index in [1.165, 1.54) is 12.1 Å². The molecule has 0 spiro atoms. The SMILES string of the molecule is CCn1c(Nc2nc3ccc(OC(F)(F)F)cc3s2)nc2cc3c(cc21)C(F)(F)S3(=O)=O. The summed E-state index contributed by atoms with van der Waals surface area (Å²) >= 11 is 1.04. The lowest BCUT2D eigenvalue weighted by Gasteiger charge is -2.29. The quantitative estimate of drug-likeness (QED) is 0.399. The zero-order chi connectivity index (χ0) is 23.1. The van der Waals surface area contributed by atoms with Crippen molar-refractivity contribution in [2.75, 3.05) is 5.32 Å². The Morgan fingerprint density at radius 1 is 1.16 bits per heavy atom. The number of aromatic nitrogens is 3. The number of benzene rings is 2. The number of nitrogens with one attached hydrogen (secondary N) is 1. The summed E-state index contributed by atoms with van der Waals surface area (Å²) in [5.41, 5.74) is 0.349. The number of nitrogens with zero attached hydrogens (tertiary/aromatic N) is 3. The summed E-state index contributed by atoms with van der Waals surface area (Å²) in [4.78, 5) is 8.13. The first kappa shape index (κ1) is 20.9. The van der Waals surface area contributed by atoms with E-state index >= 15 is 0 Å². The van der Waals surface area contributed by atoms with Crippen LogP contribution in [0.3, 0.4) is 0 Å². The Morgan fingerprint density at radius 3 is 2.59 bits per heavy atom. The van der Waals surface area contributed by atoms with Gasteiger partial charge in [-0.2, -0.15) is 8.78 Å². The van der Waals surface area contributed by atoms with Crippen LogP contribution in [0.15, 0.2) is 35.2 Å². The van der Waals surface area contributed by atoms with Crippen LogP contribution in [0.1, 0.15) is 12.5 Å². The molecule has 0 radical (unpaired) electrons. The van der Waals surface area contributed by atoms with Crippen LogP contribution in [0.4, 0.5) is 33.0 Å². The van der Waals surface area contributed by atoms with Gasteiger partial charge in [0.15, 0.2) is 5.13 Å². The Bertz CT molecular complexity index is 1510. The fraction of sp³-hybridized carbons (Fsp3) is 0.222. The molecule has 4 aromatic rings. The number of sulfone groups is 1. The zero-order valence-corrected chi connectivity index (χ0v) is 17.5. The van der Waals surface area contributed by atoms with Crippen LogP contribution in [0.5, 0.6) is 5.75 Å². The third kappa shape index (κ3) is 3.00. The monoisotopic (exact) mass is 490 g/mol. The second-order valence-electron chi connectivity index (χ2n) is 6.86. The second-order valence-corrected chi connectivity index (χ2v) is 9.85. The average molecular weight is 490 g/mol. The molecule has 2 aromatic heterocycles. The van der Waals surface area contributed by atoms with Gasteiger partial charge in [-0.3, -0.25) is 0 Å². The topological polar surface area (TPSA) is 86.1 Å². The number of rotatable bonds is 4. The highest BCUT2D eigenvalue weighted by Crippen LogP contribution is 2.52. The number of imidazole rings is 1. The van der Waals surface area contributed by atoms with Gasteiger partial charge in [0.05, 0.1) is 31.7 Å². The summed E-state index contributed by atoms with van der Waals surface area (Å²) in [6, 6.07) is 5.91. The van der Waals surface area contributed by atoms with Gasteiger partial charge in [0.25, 0.3) is 0 Å². The van der Waals surface area contributed by atoms with Crippen molar-refractivity contribution in [3.63, 3.8) is 0 Å². The largest absolute Gasteiger partial charge is 0.573 e. The Morgan fingerprint density at radius 2 is 1.91 bits per heavy atom. The predicted octanol–water partition coefficient (Wildman–Crippen LogP) is 5.14. The smallest absolute Gasteiger partial charge is 0.406 e. The van der Waals surface area contributed by atoms with Crippen molar-refractivity contribution in [2.24, 2.45) is 0 Å². The van der Waals surface area contributed by atoms with E-state index < -0.39 is 31.9 Å². The summed E-state index contributed by atoms with van der Waals surface area (Å²) in [6.07, 6.45) is -4.82. The number of fused-ring (bicyclic) bond motifs is 3. The minimum Gasteiger partial charge on any atom is -0.406 e. The molecule has 0 unspecified atom stereocenters. The minimum absolute atomic E-state index is 0.203. The lowest BCUT2D eigenvalue weighted by Crippen LogP contribution is -2.38. The molecule has 5 rings (SSSR count). The third-order valence-corrected chi connectivity index (χ3v) is 7.66. The van der Waals surface area contributed by atoms with E-state index in [0.717, 1.165) is 29.5 Å². The van der Waals surface area contributed by atoms with Gasteiger partial charge in [-0.1, -0.05) is 11.3 Å². The number of anilines is 2. The van der Waals surface area contributed by atoms with Crippen molar-refractivity contribution in [1.29, 1.82) is 0 Å². The van der Waals surface area contributed by atoms with Crippen LogP contribution < -0.4 is 10.1 Å². The van der Waals surface area contributed by atoms with E-state index in [1.807, 2.05) is 0 Å². The number of alkyl halides is 5. The fourth-order valence-electron chi connectivity index (χ4n) is 3.50. The van der Waals surface area contributed by atoms with Gasteiger partial charge in [0, 0.05) is 12.6 Å². The van der Waals surface area contributed by atoms with Crippen molar-refractivity contribution in [3.8, 4) is 5.75 Å². The highest BCUT2D eigenvalue weighted by molar-refractivity contribution is 7.93. The number of thiazole rings is 1. The normalized spacial score (nSPS) is 16.7. The molecule has 168 valence electrons. The van der Waals surface area contributed by atoms with Gasteiger partial charge in [-0.05, 0) is 31.2 Å². The molecule has 3 heterocycles. The Hall–Kier alpha value is -3.00. The van der Waals surface area contributed by atoms with Crippen LogP contribution >= 0.6 is 11.3 Å². The van der Waals surface area contributed by atoms with E-state index in [0.29, 0.717) is 27.4 Å². The van der Waals surface area contributed by atoms with E-state index in [9.17, 15) is 30.4 Å². The lowest BCUT2D eigenvalue weighted by molar-refractivity contribution is -0.274. The molecule has 0 fully saturated rings. The second kappa shape index (κ2) is 6.51. The van der Waals surface area contributed by atoms with Gasteiger partial charge in [0.2, 0.25) is 15.8 Å². The van der Waals surface area contributed by atoms with E-state index in [2.05, 4.69) is 20.0 Å². The molecule has 0 amide bonds. The summed E-state index contributed by atoms with van der Waals surface area (Å²) in [7, 11) is -4.72. The molecular formula is C18H11F5N4O3S2. The van der Waals surface area contributed by atoms with Gasteiger partial charge in [-0.25, -0.2) is 18.4 Å². The number of ether oxygens (including phenoxy) is 1. The lowest BCUT2D eigenvalue weighted by atomic mass is 10.2. The van der Waals surface area contributed by atoms with Crippen LogP contribution in [0.25, 0.3) is 21.3 Å². The van der Waals surface area contributed by atoms with E-state index in [-0.39, 0.29) is 17.2 Å². The standard InChI is InChI=1S/C18H11F5N4O3S2/c1-2-27-12-6-9-14(32(28,29)17(9,19)20)7-11(12)24-15(27)26-16-25-10-4-3-8(5-13(10)31-16)30-18(21,22)23/h3-7H,2H2,1H3,(H,24,25,26). The predicted molar refractivity (Wildman–Crippen MR) is 106 cm³/mol. The number of aryl methyl sites for hydroxylation is 1. The van der Waals surface area contributed by atoms with Crippen LogP contribution in [-0.2, 0) is 21.6 Å². The fourth-order valence-corrected chi connectivity index (χ4v) is 5.72. The molecular weight excluding hydrogens is 479 g/mol. The summed E-state index contributed by atoms with van der Waals surface area (Å²) in [5.74, 6) is -0.166. The molecule has 1 aliphatic heterocycles. The van der Waals surface area contributed by atoms with Gasteiger partial charge in [-0.15, -0.1) is 13.2 Å². The Kier molecular flexibility index (Phi) is 4.25. The molecule has 0 saturated heterocycles. The van der Waals surface area contributed by atoms with Gasteiger partial charge in [0.1, 0.15) is 5.75 Å². The molecule has 1 aliphatic rings. The zero-order valence-electron chi connectivity index (χ0n) is 15.9. The number of halogens is 5. The minimum atomic E-state index is -4.82. The van der Waals surface area contributed by atoms with Crippen molar-refractivity contribution in [1.82, 2.24) is 14.5 Å². The van der Waals surface area contributed by atoms with E-state index in [4.69, 9.17) is 0 Å². The summed E-state index contributed by atoms with van der Waals surface area (Å²) in [5, 5.41) is -0.724. The summed E-state index contributed by atoms with van der Waals surface area (Å²) in [6.45, 7) is 2.07. The summed E-state index contributed by atoms with van der Waals surface area (Å²) < 4.78 is 94.7. The number of hydrogen-bond acceptors (Lipinski definition) is 7. The number of hydrogen-bond donors (Lipinski definition) is 1. The molecule has 2 aromatic carbocycles. The Labute approximate surface area is 180 Å². The first-order chi connectivity index (χ1) is 14.9. The molecule has 7 nitrogen and oxygen atoms in total. The van der Waals surface area contributed by atoms with Crippen LogP contribution in [0, 0.1) is 0 Å². The molecule has 0 atom stereocenters.